The van der Waals surface area contributed by atoms with E-state index in [1.165, 1.54) is 0 Å². The van der Waals surface area contributed by atoms with Crippen LogP contribution in [0.1, 0.15) is 19.8 Å². The summed E-state index contributed by atoms with van der Waals surface area (Å²) in [7, 11) is 0. The molecule has 0 radical (unpaired) electrons. The van der Waals surface area contributed by atoms with Crippen molar-refractivity contribution >= 4 is 5.91 Å². The van der Waals surface area contributed by atoms with Crippen molar-refractivity contribution in [2.24, 2.45) is 5.92 Å². The molecule has 1 heterocycles. The molecule has 1 aromatic carbocycles. The first kappa shape index (κ1) is 12.7. The van der Waals surface area contributed by atoms with Gasteiger partial charge < -0.3 is 14.7 Å². The molecule has 4 heteroatoms. The van der Waals surface area contributed by atoms with Crippen LogP contribution in [0.2, 0.25) is 0 Å². The number of ether oxygens (including phenoxy) is 1. The molecule has 0 aliphatic carbocycles. The van der Waals surface area contributed by atoms with Gasteiger partial charge in [-0.3, -0.25) is 4.79 Å². The largest absolute Gasteiger partial charge is 0.508 e. The van der Waals surface area contributed by atoms with Crippen LogP contribution in [0.15, 0.2) is 24.3 Å². The van der Waals surface area contributed by atoms with Gasteiger partial charge in [0.25, 0.3) is 0 Å². The van der Waals surface area contributed by atoms with Crippen LogP contribution in [0.25, 0.3) is 0 Å². The number of likely N-dealkylation sites (tertiary alicyclic amines) is 1. The predicted octanol–water partition coefficient (Wildman–Crippen LogP) is 2.03. The Morgan fingerprint density at radius 2 is 2.17 bits per heavy atom. The Kier molecular flexibility index (Phi) is 4.07. The number of phenols is 1. The van der Waals surface area contributed by atoms with E-state index >= 15 is 0 Å². The van der Waals surface area contributed by atoms with E-state index in [2.05, 4.69) is 0 Å². The molecule has 0 spiro atoms. The lowest BCUT2D eigenvalue weighted by molar-refractivity contribution is -0.130. The molecule has 1 saturated heterocycles. The molecule has 1 aliphatic rings. The Balaban J connectivity index is 1.77. The van der Waals surface area contributed by atoms with Crippen LogP contribution >= 0.6 is 0 Å². The van der Waals surface area contributed by atoms with E-state index in [0.29, 0.717) is 18.3 Å². The maximum atomic E-state index is 11.2. The summed E-state index contributed by atoms with van der Waals surface area (Å²) in [4.78, 5) is 13.1. The third-order valence-corrected chi connectivity index (χ3v) is 3.36. The van der Waals surface area contributed by atoms with Gasteiger partial charge in [0.2, 0.25) is 5.91 Å². The number of carbonyl (C=O) groups is 1. The van der Waals surface area contributed by atoms with Gasteiger partial charge in [0, 0.05) is 26.1 Å². The standard InChI is InChI=1S/C14H19NO3/c1-11(16)15-7-5-12(6-8-15)10-18-14-4-2-3-13(17)9-14/h2-4,9,12,17H,5-8,10H2,1H3. The van der Waals surface area contributed by atoms with Crippen LogP contribution in [-0.4, -0.2) is 35.6 Å². The predicted molar refractivity (Wildman–Crippen MR) is 68.6 cm³/mol. The number of hydrogen-bond acceptors (Lipinski definition) is 3. The molecule has 1 amide bonds. The van der Waals surface area contributed by atoms with Crippen molar-refractivity contribution in [2.75, 3.05) is 19.7 Å². The van der Waals surface area contributed by atoms with Gasteiger partial charge in [-0.2, -0.15) is 0 Å². The SMILES string of the molecule is CC(=O)N1CCC(COc2cccc(O)c2)CC1. The summed E-state index contributed by atoms with van der Waals surface area (Å²) >= 11 is 0. The highest BCUT2D eigenvalue weighted by Crippen LogP contribution is 2.21. The topological polar surface area (TPSA) is 49.8 Å². The zero-order chi connectivity index (χ0) is 13.0. The highest BCUT2D eigenvalue weighted by molar-refractivity contribution is 5.73. The molecule has 1 N–H and O–H groups in total. The van der Waals surface area contributed by atoms with Crippen LogP contribution in [0.4, 0.5) is 0 Å². The quantitative estimate of drug-likeness (QED) is 0.891. The number of benzene rings is 1. The lowest BCUT2D eigenvalue weighted by atomic mass is 9.98. The Labute approximate surface area is 107 Å². The zero-order valence-corrected chi connectivity index (χ0v) is 10.6. The molecule has 0 saturated carbocycles. The van der Waals surface area contributed by atoms with Gasteiger partial charge in [-0.05, 0) is 30.9 Å². The first-order valence-corrected chi connectivity index (χ1v) is 6.32. The number of phenolic OH excluding ortho intramolecular Hbond substituents is 1. The molecule has 18 heavy (non-hydrogen) atoms. The molecule has 0 unspecified atom stereocenters. The van der Waals surface area contributed by atoms with E-state index in [-0.39, 0.29) is 11.7 Å². The second-order valence-electron chi connectivity index (χ2n) is 4.76. The lowest BCUT2D eigenvalue weighted by Gasteiger charge is -2.31. The smallest absolute Gasteiger partial charge is 0.219 e. The molecular formula is C14H19NO3. The summed E-state index contributed by atoms with van der Waals surface area (Å²) < 4.78 is 5.66. The van der Waals surface area contributed by atoms with Crippen LogP contribution in [0.5, 0.6) is 11.5 Å². The summed E-state index contributed by atoms with van der Waals surface area (Å²) in [5, 5.41) is 9.32. The third-order valence-electron chi connectivity index (χ3n) is 3.36. The Morgan fingerprint density at radius 1 is 1.44 bits per heavy atom. The fraction of sp³-hybridized carbons (Fsp3) is 0.500. The van der Waals surface area contributed by atoms with Crippen molar-refractivity contribution in [2.45, 2.75) is 19.8 Å². The van der Waals surface area contributed by atoms with Gasteiger partial charge in [-0.15, -0.1) is 0 Å². The van der Waals surface area contributed by atoms with E-state index < -0.39 is 0 Å². The first-order chi connectivity index (χ1) is 8.65. The second kappa shape index (κ2) is 5.76. The molecule has 1 fully saturated rings. The van der Waals surface area contributed by atoms with Crippen LogP contribution < -0.4 is 4.74 Å². The molecule has 1 aromatic rings. The van der Waals surface area contributed by atoms with Gasteiger partial charge in [0.1, 0.15) is 11.5 Å². The van der Waals surface area contributed by atoms with Crippen molar-refractivity contribution in [1.82, 2.24) is 4.90 Å². The van der Waals surface area contributed by atoms with Gasteiger partial charge in [0.05, 0.1) is 6.61 Å². The van der Waals surface area contributed by atoms with Gasteiger partial charge in [-0.25, -0.2) is 0 Å². The number of piperidine rings is 1. The van der Waals surface area contributed by atoms with E-state index in [1.807, 2.05) is 11.0 Å². The van der Waals surface area contributed by atoms with Crippen LogP contribution in [0, 0.1) is 5.92 Å². The van der Waals surface area contributed by atoms with Crippen LogP contribution in [-0.2, 0) is 4.79 Å². The van der Waals surface area contributed by atoms with Crippen LogP contribution in [0.3, 0.4) is 0 Å². The van der Waals surface area contributed by atoms with Gasteiger partial charge in [0.15, 0.2) is 0 Å². The number of carbonyl (C=O) groups excluding carboxylic acids is 1. The number of hydrogen-bond donors (Lipinski definition) is 1. The van der Waals surface area contributed by atoms with Gasteiger partial charge >= 0.3 is 0 Å². The van der Waals surface area contributed by atoms with Crippen molar-refractivity contribution in [3.05, 3.63) is 24.3 Å². The molecule has 0 atom stereocenters. The number of nitrogens with zero attached hydrogens (tertiary/aromatic N) is 1. The van der Waals surface area contributed by atoms with E-state index in [1.54, 1.807) is 25.1 Å². The first-order valence-electron chi connectivity index (χ1n) is 6.32. The number of amides is 1. The number of rotatable bonds is 3. The van der Waals surface area contributed by atoms with E-state index in [9.17, 15) is 9.90 Å². The molecule has 2 rings (SSSR count). The fourth-order valence-corrected chi connectivity index (χ4v) is 2.20. The summed E-state index contributed by atoms with van der Waals surface area (Å²) in [6.45, 7) is 3.91. The summed E-state index contributed by atoms with van der Waals surface area (Å²) in [6, 6.07) is 6.84. The molecule has 98 valence electrons. The van der Waals surface area contributed by atoms with Crippen molar-refractivity contribution in [1.29, 1.82) is 0 Å². The average molecular weight is 249 g/mol. The molecule has 0 bridgehead atoms. The normalized spacial score (nSPS) is 16.6. The average Bonchev–Trinajstić information content (AvgIpc) is 2.37. The minimum atomic E-state index is 0.155. The van der Waals surface area contributed by atoms with Crippen molar-refractivity contribution in [3.8, 4) is 11.5 Å². The van der Waals surface area contributed by atoms with Crippen molar-refractivity contribution in [3.63, 3.8) is 0 Å². The third kappa shape index (κ3) is 3.39. The zero-order valence-electron chi connectivity index (χ0n) is 10.6. The Hall–Kier alpha value is -1.71. The fourth-order valence-electron chi connectivity index (χ4n) is 2.20. The highest BCUT2D eigenvalue weighted by Gasteiger charge is 2.20. The molecule has 4 nitrogen and oxygen atoms in total. The molecule has 1 aliphatic heterocycles. The lowest BCUT2D eigenvalue weighted by Crippen LogP contribution is -2.38. The molecule has 0 aromatic heterocycles. The highest BCUT2D eigenvalue weighted by atomic mass is 16.5. The van der Waals surface area contributed by atoms with E-state index in [0.717, 1.165) is 25.9 Å². The summed E-state index contributed by atoms with van der Waals surface area (Å²) in [5.74, 6) is 1.56. The Bertz CT molecular complexity index is 411. The molecular weight excluding hydrogens is 230 g/mol. The second-order valence-corrected chi connectivity index (χ2v) is 4.76. The maximum absolute atomic E-state index is 11.2. The van der Waals surface area contributed by atoms with Gasteiger partial charge in [-0.1, -0.05) is 6.07 Å². The Morgan fingerprint density at radius 3 is 2.78 bits per heavy atom. The minimum Gasteiger partial charge on any atom is -0.508 e. The monoisotopic (exact) mass is 249 g/mol. The summed E-state index contributed by atoms with van der Waals surface area (Å²) in [5.41, 5.74) is 0. The maximum Gasteiger partial charge on any atom is 0.219 e. The van der Waals surface area contributed by atoms with E-state index in [4.69, 9.17) is 4.74 Å². The number of aromatic hydroxyl groups is 1. The summed E-state index contributed by atoms with van der Waals surface area (Å²) in [6.07, 6.45) is 1.97. The van der Waals surface area contributed by atoms with Crippen molar-refractivity contribution < 1.29 is 14.6 Å². The minimum absolute atomic E-state index is 0.155.